The van der Waals surface area contributed by atoms with Gasteiger partial charge < -0.3 is 10.1 Å². The second-order valence-electron chi connectivity index (χ2n) is 7.73. The maximum Gasteiger partial charge on any atom is 0.240 e. The van der Waals surface area contributed by atoms with Crippen LogP contribution >= 0.6 is 0 Å². The SMILES string of the molecule is O=C(CCNS(=O)(=O)c1ccc2ccccc2c1)NCc1ccc(OCc2cccnc2)cc1. The lowest BCUT2D eigenvalue weighted by molar-refractivity contribution is -0.121. The molecule has 0 spiro atoms. The first-order valence-electron chi connectivity index (χ1n) is 10.9. The minimum atomic E-state index is -3.69. The number of benzene rings is 3. The second kappa shape index (κ2) is 10.9. The Morgan fingerprint density at radius 3 is 2.44 bits per heavy atom. The summed E-state index contributed by atoms with van der Waals surface area (Å²) in [6.45, 7) is 0.792. The molecular weight excluding hydrogens is 450 g/mol. The molecule has 4 aromatic rings. The molecule has 0 aliphatic heterocycles. The highest BCUT2D eigenvalue weighted by molar-refractivity contribution is 7.89. The highest BCUT2D eigenvalue weighted by Crippen LogP contribution is 2.19. The number of carbonyl (C=O) groups excluding carboxylic acids is 1. The van der Waals surface area contributed by atoms with Crippen molar-refractivity contribution < 1.29 is 17.9 Å². The quantitative estimate of drug-likeness (QED) is 0.364. The highest BCUT2D eigenvalue weighted by Gasteiger charge is 2.14. The summed E-state index contributed by atoms with van der Waals surface area (Å²) in [6.07, 6.45) is 3.51. The molecule has 34 heavy (non-hydrogen) atoms. The average Bonchev–Trinajstić information content (AvgIpc) is 2.87. The van der Waals surface area contributed by atoms with Crippen molar-refractivity contribution in [1.82, 2.24) is 15.0 Å². The summed E-state index contributed by atoms with van der Waals surface area (Å²) in [6, 6.07) is 23.8. The maximum absolute atomic E-state index is 12.6. The summed E-state index contributed by atoms with van der Waals surface area (Å²) in [5, 5.41) is 4.61. The number of nitrogens with zero attached hydrogens (tertiary/aromatic N) is 1. The van der Waals surface area contributed by atoms with Gasteiger partial charge in [0.15, 0.2) is 0 Å². The topological polar surface area (TPSA) is 97.4 Å². The molecule has 0 aliphatic rings. The fourth-order valence-corrected chi connectivity index (χ4v) is 4.43. The van der Waals surface area contributed by atoms with Crippen molar-refractivity contribution in [3.8, 4) is 5.75 Å². The molecule has 4 rings (SSSR count). The number of amides is 1. The van der Waals surface area contributed by atoms with Gasteiger partial charge in [-0.15, -0.1) is 0 Å². The Morgan fingerprint density at radius 1 is 0.882 bits per heavy atom. The Bertz CT molecular complexity index is 1360. The number of aromatic nitrogens is 1. The van der Waals surface area contributed by atoms with Crippen molar-refractivity contribution in [1.29, 1.82) is 0 Å². The summed E-state index contributed by atoms with van der Waals surface area (Å²) in [4.78, 5) is 16.4. The average molecular weight is 476 g/mol. The van der Waals surface area contributed by atoms with E-state index in [9.17, 15) is 13.2 Å². The van der Waals surface area contributed by atoms with Crippen LogP contribution in [0.4, 0.5) is 0 Å². The van der Waals surface area contributed by atoms with Crippen molar-refractivity contribution in [3.63, 3.8) is 0 Å². The normalized spacial score (nSPS) is 11.3. The molecule has 0 radical (unpaired) electrons. The minimum absolute atomic E-state index is 0.0160. The van der Waals surface area contributed by atoms with E-state index in [1.165, 1.54) is 0 Å². The van der Waals surface area contributed by atoms with Gasteiger partial charge >= 0.3 is 0 Å². The fraction of sp³-hybridized carbons (Fsp3) is 0.154. The van der Waals surface area contributed by atoms with Crippen molar-refractivity contribution in [3.05, 3.63) is 102 Å². The largest absolute Gasteiger partial charge is 0.489 e. The summed E-state index contributed by atoms with van der Waals surface area (Å²) in [7, 11) is -3.69. The fourth-order valence-electron chi connectivity index (χ4n) is 3.36. The van der Waals surface area contributed by atoms with Crippen LogP contribution in [0.2, 0.25) is 0 Å². The van der Waals surface area contributed by atoms with Gasteiger partial charge in [0.2, 0.25) is 15.9 Å². The predicted octanol–water partition coefficient (Wildman–Crippen LogP) is 3.80. The third-order valence-electron chi connectivity index (χ3n) is 5.22. The van der Waals surface area contributed by atoms with E-state index in [0.29, 0.717) is 13.2 Å². The molecule has 0 fully saturated rings. The van der Waals surface area contributed by atoms with Crippen LogP contribution in [0.15, 0.2) is 96.2 Å². The molecule has 2 N–H and O–H groups in total. The molecule has 1 amide bonds. The van der Waals surface area contributed by atoms with Crippen LogP contribution < -0.4 is 14.8 Å². The molecule has 3 aromatic carbocycles. The second-order valence-corrected chi connectivity index (χ2v) is 9.49. The molecule has 0 saturated heterocycles. The number of pyridine rings is 1. The number of sulfonamides is 1. The number of nitrogens with one attached hydrogen (secondary N) is 2. The Hall–Kier alpha value is -3.75. The van der Waals surface area contributed by atoms with E-state index in [2.05, 4.69) is 15.0 Å². The molecular formula is C26H25N3O4S. The van der Waals surface area contributed by atoms with E-state index in [1.54, 1.807) is 30.6 Å². The summed E-state index contributed by atoms with van der Waals surface area (Å²) < 4.78 is 33.3. The van der Waals surface area contributed by atoms with Gasteiger partial charge in [0, 0.05) is 37.5 Å². The molecule has 0 bridgehead atoms. The molecule has 1 heterocycles. The van der Waals surface area contributed by atoms with Gasteiger partial charge in [-0.2, -0.15) is 0 Å². The van der Waals surface area contributed by atoms with Crippen molar-refractivity contribution in [2.45, 2.75) is 24.5 Å². The van der Waals surface area contributed by atoms with Gasteiger partial charge in [-0.25, -0.2) is 13.1 Å². The Morgan fingerprint density at radius 2 is 1.68 bits per heavy atom. The zero-order valence-electron chi connectivity index (χ0n) is 18.5. The maximum atomic E-state index is 12.6. The lowest BCUT2D eigenvalue weighted by atomic mass is 10.1. The monoisotopic (exact) mass is 475 g/mol. The number of fused-ring (bicyclic) bond motifs is 1. The van der Waals surface area contributed by atoms with E-state index in [0.717, 1.165) is 27.6 Å². The standard InChI is InChI=1S/C26H25N3O4S/c30-26(13-15-29-34(31,32)25-12-9-22-5-1-2-6-23(22)16-25)28-18-20-7-10-24(11-8-20)33-19-21-4-3-14-27-17-21/h1-12,14,16-17,29H,13,15,18-19H2,(H,28,30). The number of hydrogen-bond donors (Lipinski definition) is 2. The zero-order valence-corrected chi connectivity index (χ0v) is 19.3. The third-order valence-corrected chi connectivity index (χ3v) is 6.68. The smallest absolute Gasteiger partial charge is 0.240 e. The zero-order chi connectivity index (χ0) is 23.8. The minimum Gasteiger partial charge on any atom is -0.489 e. The molecule has 7 nitrogen and oxygen atoms in total. The Labute approximate surface area is 198 Å². The highest BCUT2D eigenvalue weighted by atomic mass is 32.2. The first kappa shape index (κ1) is 23.4. The predicted molar refractivity (Wildman–Crippen MR) is 131 cm³/mol. The molecule has 0 aliphatic carbocycles. The van der Waals surface area contributed by atoms with Gasteiger partial charge in [0.25, 0.3) is 0 Å². The molecule has 0 atom stereocenters. The van der Waals surface area contributed by atoms with Crippen molar-refractivity contribution >= 4 is 26.7 Å². The molecule has 0 saturated carbocycles. The van der Waals surface area contributed by atoms with E-state index in [-0.39, 0.29) is 23.8 Å². The van der Waals surface area contributed by atoms with Gasteiger partial charge in [0.1, 0.15) is 12.4 Å². The van der Waals surface area contributed by atoms with Gasteiger partial charge in [-0.1, -0.05) is 48.5 Å². The molecule has 0 unspecified atom stereocenters. The van der Waals surface area contributed by atoms with Crippen LogP contribution in [0.5, 0.6) is 5.75 Å². The lowest BCUT2D eigenvalue weighted by Gasteiger charge is -2.09. The van der Waals surface area contributed by atoms with Crippen LogP contribution in [0.25, 0.3) is 10.8 Å². The molecule has 1 aromatic heterocycles. The Kier molecular flexibility index (Phi) is 7.51. The number of ether oxygens (including phenoxy) is 1. The molecule has 174 valence electrons. The summed E-state index contributed by atoms with van der Waals surface area (Å²) in [5.74, 6) is 0.486. The van der Waals surface area contributed by atoms with Crippen molar-refractivity contribution in [2.75, 3.05) is 6.54 Å². The van der Waals surface area contributed by atoms with Crippen LogP contribution in [0, 0.1) is 0 Å². The first-order valence-corrected chi connectivity index (χ1v) is 12.3. The number of carbonyl (C=O) groups is 1. The van der Waals surface area contributed by atoms with Gasteiger partial charge in [-0.3, -0.25) is 9.78 Å². The summed E-state index contributed by atoms with van der Waals surface area (Å²) in [5.41, 5.74) is 1.90. The first-order chi connectivity index (χ1) is 16.5. The number of hydrogen-bond acceptors (Lipinski definition) is 5. The number of rotatable bonds is 10. The van der Waals surface area contributed by atoms with Crippen LogP contribution in [0.3, 0.4) is 0 Å². The van der Waals surface area contributed by atoms with Crippen LogP contribution in [0.1, 0.15) is 17.5 Å². The molecule has 8 heteroatoms. The Balaban J connectivity index is 1.21. The van der Waals surface area contributed by atoms with Crippen molar-refractivity contribution in [2.24, 2.45) is 0 Å². The van der Waals surface area contributed by atoms with E-state index in [4.69, 9.17) is 4.74 Å². The lowest BCUT2D eigenvalue weighted by Crippen LogP contribution is -2.30. The van der Waals surface area contributed by atoms with E-state index < -0.39 is 10.0 Å². The van der Waals surface area contributed by atoms with E-state index >= 15 is 0 Å². The van der Waals surface area contributed by atoms with E-state index in [1.807, 2.05) is 60.7 Å². The van der Waals surface area contributed by atoms with Gasteiger partial charge in [0.05, 0.1) is 4.90 Å². The third kappa shape index (κ3) is 6.40. The van der Waals surface area contributed by atoms with Gasteiger partial charge in [-0.05, 0) is 46.7 Å². The van der Waals surface area contributed by atoms with Crippen LogP contribution in [-0.2, 0) is 28.0 Å². The summed E-state index contributed by atoms with van der Waals surface area (Å²) >= 11 is 0. The van der Waals surface area contributed by atoms with Crippen LogP contribution in [-0.4, -0.2) is 25.9 Å².